The Morgan fingerprint density at radius 1 is 1.35 bits per heavy atom. The van der Waals surface area contributed by atoms with Gasteiger partial charge in [-0.15, -0.1) is 0 Å². The molecule has 1 heterocycles. The van der Waals surface area contributed by atoms with Crippen molar-refractivity contribution in [3.63, 3.8) is 0 Å². The lowest BCUT2D eigenvalue weighted by atomic mass is 10.3. The zero-order valence-electron chi connectivity index (χ0n) is 10.7. The summed E-state index contributed by atoms with van der Waals surface area (Å²) in [4.78, 5) is 14.0. The van der Waals surface area contributed by atoms with E-state index in [4.69, 9.17) is 5.11 Å². The summed E-state index contributed by atoms with van der Waals surface area (Å²) in [6.07, 6.45) is 3.84. The van der Waals surface area contributed by atoms with Crippen molar-refractivity contribution in [3.05, 3.63) is 24.0 Å². The molecule has 0 aliphatic rings. The van der Waals surface area contributed by atoms with E-state index in [9.17, 15) is 4.79 Å². The second-order valence-corrected chi connectivity index (χ2v) is 4.10. The highest BCUT2D eigenvalue weighted by molar-refractivity contribution is 5.92. The van der Waals surface area contributed by atoms with E-state index in [0.29, 0.717) is 18.8 Å². The van der Waals surface area contributed by atoms with Crippen LogP contribution in [-0.2, 0) is 6.54 Å². The highest BCUT2D eigenvalue weighted by Crippen LogP contribution is 2.08. The Morgan fingerprint density at radius 3 is 2.71 bits per heavy atom. The van der Waals surface area contributed by atoms with Crippen molar-refractivity contribution < 1.29 is 9.90 Å². The first kappa shape index (κ1) is 13.8. The fraction of sp³-hybridized carbons (Fsp3) is 0.615. The summed E-state index contributed by atoms with van der Waals surface area (Å²) in [6.45, 7) is 6.09. The minimum atomic E-state index is 0.0133. The van der Waals surface area contributed by atoms with Gasteiger partial charge in [-0.05, 0) is 25.0 Å². The highest BCUT2D eigenvalue weighted by atomic mass is 16.3. The van der Waals surface area contributed by atoms with Crippen molar-refractivity contribution in [2.24, 2.45) is 0 Å². The molecule has 0 atom stereocenters. The fourth-order valence-electron chi connectivity index (χ4n) is 1.91. The Labute approximate surface area is 103 Å². The maximum Gasteiger partial charge on any atom is 0.270 e. The van der Waals surface area contributed by atoms with Crippen molar-refractivity contribution >= 4 is 5.91 Å². The number of aromatic nitrogens is 1. The lowest BCUT2D eigenvalue weighted by molar-refractivity contribution is 0.0711. The van der Waals surface area contributed by atoms with Crippen molar-refractivity contribution in [2.75, 3.05) is 19.7 Å². The van der Waals surface area contributed by atoms with Gasteiger partial charge in [0.05, 0.1) is 6.61 Å². The Morgan fingerprint density at radius 2 is 2.12 bits per heavy atom. The minimum Gasteiger partial charge on any atom is -0.395 e. The van der Waals surface area contributed by atoms with Gasteiger partial charge in [-0.1, -0.05) is 13.8 Å². The van der Waals surface area contributed by atoms with E-state index in [1.165, 1.54) is 0 Å². The Kier molecular flexibility index (Phi) is 5.77. The number of aliphatic hydroxyl groups excluding tert-OH is 1. The van der Waals surface area contributed by atoms with Crippen LogP contribution in [0.3, 0.4) is 0 Å². The number of aryl methyl sites for hydroxylation is 1. The van der Waals surface area contributed by atoms with Gasteiger partial charge >= 0.3 is 0 Å². The number of nitrogens with zero attached hydrogens (tertiary/aromatic N) is 2. The normalized spacial score (nSPS) is 10.5. The number of hydrogen-bond acceptors (Lipinski definition) is 2. The second-order valence-electron chi connectivity index (χ2n) is 4.10. The first-order valence-corrected chi connectivity index (χ1v) is 6.29. The SMILES string of the molecule is CCCN(CCO)C(=O)c1cccn1CCC. The van der Waals surface area contributed by atoms with Crippen molar-refractivity contribution in [3.8, 4) is 0 Å². The molecule has 0 saturated heterocycles. The molecule has 1 aromatic rings. The monoisotopic (exact) mass is 238 g/mol. The largest absolute Gasteiger partial charge is 0.395 e. The number of rotatable bonds is 7. The van der Waals surface area contributed by atoms with Gasteiger partial charge in [0.2, 0.25) is 0 Å². The third kappa shape index (κ3) is 3.60. The van der Waals surface area contributed by atoms with Gasteiger partial charge < -0.3 is 14.6 Å². The molecule has 0 saturated carbocycles. The van der Waals surface area contributed by atoms with Gasteiger partial charge in [0.1, 0.15) is 5.69 Å². The van der Waals surface area contributed by atoms with E-state index >= 15 is 0 Å². The maximum atomic E-state index is 12.3. The first-order valence-electron chi connectivity index (χ1n) is 6.29. The second kappa shape index (κ2) is 7.12. The molecule has 1 amide bonds. The maximum absolute atomic E-state index is 12.3. The molecule has 0 unspecified atom stereocenters. The van der Waals surface area contributed by atoms with Crippen LogP contribution in [0.15, 0.2) is 18.3 Å². The third-order valence-corrected chi connectivity index (χ3v) is 2.66. The highest BCUT2D eigenvalue weighted by Gasteiger charge is 2.17. The van der Waals surface area contributed by atoms with Gasteiger partial charge in [0.25, 0.3) is 5.91 Å². The summed E-state index contributed by atoms with van der Waals surface area (Å²) in [5.74, 6) is 0.0133. The van der Waals surface area contributed by atoms with Crippen molar-refractivity contribution in [1.29, 1.82) is 0 Å². The van der Waals surface area contributed by atoms with Gasteiger partial charge in [0, 0.05) is 25.8 Å². The molecule has 1 N–H and O–H groups in total. The van der Waals surface area contributed by atoms with Crippen LogP contribution < -0.4 is 0 Å². The number of aliphatic hydroxyl groups is 1. The number of amides is 1. The quantitative estimate of drug-likeness (QED) is 0.786. The lowest BCUT2D eigenvalue weighted by Gasteiger charge is -2.21. The van der Waals surface area contributed by atoms with Gasteiger partial charge in [-0.25, -0.2) is 0 Å². The molecule has 0 aromatic carbocycles. The summed E-state index contributed by atoms with van der Waals surface area (Å²) < 4.78 is 1.97. The summed E-state index contributed by atoms with van der Waals surface area (Å²) in [7, 11) is 0. The molecular formula is C13H22N2O2. The molecule has 4 nitrogen and oxygen atoms in total. The first-order chi connectivity index (χ1) is 8.24. The predicted molar refractivity (Wildman–Crippen MR) is 68.0 cm³/mol. The number of hydrogen-bond donors (Lipinski definition) is 1. The van der Waals surface area contributed by atoms with Crippen LogP contribution in [-0.4, -0.2) is 40.2 Å². The van der Waals surface area contributed by atoms with Crippen LogP contribution in [0, 0.1) is 0 Å². The van der Waals surface area contributed by atoms with E-state index in [-0.39, 0.29) is 12.5 Å². The fourth-order valence-corrected chi connectivity index (χ4v) is 1.91. The van der Waals surface area contributed by atoms with Crippen LogP contribution in [0.4, 0.5) is 0 Å². The molecule has 0 aliphatic heterocycles. The Hall–Kier alpha value is -1.29. The summed E-state index contributed by atoms with van der Waals surface area (Å²) in [5.41, 5.74) is 0.716. The van der Waals surface area contributed by atoms with E-state index in [1.54, 1.807) is 4.90 Å². The molecule has 4 heteroatoms. The van der Waals surface area contributed by atoms with Gasteiger partial charge in [-0.3, -0.25) is 4.79 Å². The van der Waals surface area contributed by atoms with Crippen molar-refractivity contribution in [2.45, 2.75) is 33.2 Å². The molecule has 0 radical (unpaired) electrons. The standard InChI is InChI=1S/C13H22N2O2/c1-3-7-14-9-5-6-12(14)13(17)15(8-4-2)10-11-16/h5-6,9,16H,3-4,7-8,10-11H2,1-2H3. The Balaban J connectivity index is 2.80. The van der Waals surface area contributed by atoms with Crippen LogP contribution in [0.1, 0.15) is 37.2 Å². The molecule has 1 aromatic heterocycles. The minimum absolute atomic E-state index is 0.0133. The van der Waals surface area contributed by atoms with Crippen LogP contribution >= 0.6 is 0 Å². The summed E-state index contributed by atoms with van der Waals surface area (Å²) >= 11 is 0. The smallest absolute Gasteiger partial charge is 0.270 e. The molecule has 0 aliphatic carbocycles. The molecule has 17 heavy (non-hydrogen) atoms. The van der Waals surface area contributed by atoms with Crippen molar-refractivity contribution in [1.82, 2.24) is 9.47 Å². The van der Waals surface area contributed by atoms with E-state index < -0.39 is 0 Å². The molecule has 96 valence electrons. The zero-order chi connectivity index (χ0) is 12.7. The van der Waals surface area contributed by atoms with Gasteiger partial charge in [0.15, 0.2) is 0 Å². The predicted octanol–water partition coefficient (Wildman–Crippen LogP) is 1.74. The molecule has 1 rings (SSSR count). The molecule has 0 spiro atoms. The summed E-state index contributed by atoms with van der Waals surface area (Å²) in [6, 6.07) is 3.74. The third-order valence-electron chi connectivity index (χ3n) is 2.66. The molecule has 0 fully saturated rings. The van der Waals surface area contributed by atoms with E-state index in [2.05, 4.69) is 6.92 Å². The average Bonchev–Trinajstić information content (AvgIpc) is 2.77. The number of carbonyl (C=O) groups is 1. The van der Waals surface area contributed by atoms with Gasteiger partial charge in [-0.2, -0.15) is 0 Å². The lowest BCUT2D eigenvalue weighted by Crippen LogP contribution is -2.35. The topological polar surface area (TPSA) is 45.5 Å². The van der Waals surface area contributed by atoms with Crippen LogP contribution in [0.2, 0.25) is 0 Å². The summed E-state index contributed by atoms with van der Waals surface area (Å²) in [5, 5.41) is 8.98. The zero-order valence-corrected chi connectivity index (χ0v) is 10.7. The molecular weight excluding hydrogens is 216 g/mol. The molecule has 0 bridgehead atoms. The average molecular weight is 238 g/mol. The van der Waals surface area contributed by atoms with E-state index in [1.807, 2.05) is 29.8 Å². The Bertz CT molecular complexity index is 341. The van der Waals surface area contributed by atoms with E-state index in [0.717, 1.165) is 19.4 Å². The number of carbonyl (C=O) groups excluding carboxylic acids is 1. The van der Waals surface area contributed by atoms with Crippen LogP contribution in [0.5, 0.6) is 0 Å². The van der Waals surface area contributed by atoms with Crippen LogP contribution in [0.25, 0.3) is 0 Å².